The van der Waals surface area contributed by atoms with E-state index in [9.17, 15) is 5.26 Å². The van der Waals surface area contributed by atoms with Gasteiger partial charge < -0.3 is 4.90 Å². The minimum absolute atomic E-state index is 0.273. The topological polar surface area (TPSA) is 30.3 Å². The van der Waals surface area contributed by atoms with Gasteiger partial charge in [0.05, 0.1) is 12.0 Å². The van der Waals surface area contributed by atoms with Crippen LogP contribution < -0.4 is 0 Å². The molecule has 0 aromatic carbocycles. The first-order valence-electron chi connectivity index (χ1n) is 7.52. The number of nitrogens with zero attached hydrogens (tertiary/aromatic N) is 3. The molecule has 1 aliphatic heterocycles. The van der Waals surface area contributed by atoms with Gasteiger partial charge >= 0.3 is 0 Å². The standard InChI is InChI=1S/C15H27N3/c1-17(2)12-14-8-6-10-18(14)15-9-5-3-4-7-13(15)11-16/h13-15H,3-10,12H2,1-2H3. The van der Waals surface area contributed by atoms with Crippen molar-refractivity contribution in [1.82, 2.24) is 9.80 Å². The van der Waals surface area contributed by atoms with Gasteiger partial charge in [-0.05, 0) is 46.3 Å². The molecule has 3 atom stereocenters. The summed E-state index contributed by atoms with van der Waals surface area (Å²) in [5.74, 6) is 0.273. The molecule has 1 aliphatic carbocycles. The Morgan fingerprint density at radius 1 is 1.11 bits per heavy atom. The van der Waals surface area contributed by atoms with Crippen molar-refractivity contribution in [3.8, 4) is 6.07 Å². The summed E-state index contributed by atoms with van der Waals surface area (Å²) in [6, 6.07) is 3.80. The van der Waals surface area contributed by atoms with E-state index in [2.05, 4.69) is 30.0 Å². The SMILES string of the molecule is CN(C)CC1CCCN1C1CCCCCC1C#N. The zero-order valence-electron chi connectivity index (χ0n) is 11.9. The van der Waals surface area contributed by atoms with E-state index >= 15 is 0 Å². The van der Waals surface area contributed by atoms with E-state index in [4.69, 9.17) is 0 Å². The average molecular weight is 249 g/mol. The van der Waals surface area contributed by atoms with Gasteiger partial charge in [-0.15, -0.1) is 0 Å². The highest BCUT2D eigenvalue weighted by molar-refractivity contribution is 4.98. The molecule has 3 heteroatoms. The fourth-order valence-corrected chi connectivity index (χ4v) is 3.75. The number of hydrogen-bond donors (Lipinski definition) is 0. The van der Waals surface area contributed by atoms with Gasteiger partial charge in [-0.2, -0.15) is 5.26 Å². The van der Waals surface area contributed by atoms with E-state index in [1.54, 1.807) is 0 Å². The second kappa shape index (κ2) is 6.54. The number of likely N-dealkylation sites (N-methyl/N-ethyl adjacent to an activating group) is 1. The van der Waals surface area contributed by atoms with Crippen LogP contribution in [0.4, 0.5) is 0 Å². The molecule has 2 fully saturated rings. The molecule has 1 saturated carbocycles. The maximum atomic E-state index is 9.43. The van der Waals surface area contributed by atoms with E-state index in [0.717, 1.165) is 13.0 Å². The maximum Gasteiger partial charge on any atom is 0.0672 e. The predicted octanol–water partition coefficient (Wildman–Crippen LogP) is 2.48. The summed E-state index contributed by atoms with van der Waals surface area (Å²) in [4.78, 5) is 4.96. The van der Waals surface area contributed by atoms with Crippen LogP contribution in [0.3, 0.4) is 0 Å². The molecule has 0 bridgehead atoms. The Morgan fingerprint density at radius 2 is 1.89 bits per heavy atom. The van der Waals surface area contributed by atoms with Gasteiger partial charge in [0.1, 0.15) is 0 Å². The molecule has 1 saturated heterocycles. The highest BCUT2D eigenvalue weighted by atomic mass is 15.2. The molecular weight excluding hydrogens is 222 g/mol. The predicted molar refractivity (Wildman–Crippen MR) is 74.3 cm³/mol. The number of hydrogen-bond acceptors (Lipinski definition) is 3. The largest absolute Gasteiger partial charge is 0.308 e. The summed E-state index contributed by atoms with van der Waals surface area (Å²) in [7, 11) is 4.32. The van der Waals surface area contributed by atoms with Crippen LogP contribution in [0.2, 0.25) is 0 Å². The first-order chi connectivity index (χ1) is 8.72. The first-order valence-corrected chi connectivity index (χ1v) is 7.52. The van der Waals surface area contributed by atoms with Crippen molar-refractivity contribution >= 4 is 0 Å². The average Bonchev–Trinajstić information content (AvgIpc) is 2.64. The molecule has 3 nitrogen and oxygen atoms in total. The molecule has 102 valence electrons. The summed E-state index contributed by atoms with van der Waals surface area (Å²) in [5.41, 5.74) is 0. The summed E-state index contributed by atoms with van der Waals surface area (Å²) in [5, 5.41) is 9.43. The number of likely N-dealkylation sites (tertiary alicyclic amines) is 1. The third-order valence-electron chi connectivity index (χ3n) is 4.57. The molecule has 18 heavy (non-hydrogen) atoms. The van der Waals surface area contributed by atoms with Gasteiger partial charge in [0.2, 0.25) is 0 Å². The van der Waals surface area contributed by atoms with Crippen molar-refractivity contribution in [2.45, 2.75) is 57.0 Å². The smallest absolute Gasteiger partial charge is 0.0672 e. The highest BCUT2D eigenvalue weighted by Gasteiger charge is 2.35. The van der Waals surface area contributed by atoms with Crippen LogP contribution in [0.25, 0.3) is 0 Å². The zero-order chi connectivity index (χ0) is 13.0. The van der Waals surface area contributed by atoms with Crippen molar-refractivity contribution < 1.29 is 0 Å². The summed E-state index contributed by atoms with van der Waals surface area (Å²) in [6.07, 6.45) is 8.87. The Balaban J connectivity index is 2.04. The fourth-order valence-electron chi connectivity index (χ4n) is 3.75. The lowest BCUT2D eigenvalue weighted by atomic mass is 9.94. The molecule has 0 N–H and O–H groups in total. The molecule has 1 heterocycles. The van der Waals surface area contributed by atoms with Crippen molar-refractivity contribution in [1.29, 1.82) is 5.26 Å². The minimum atomic E-state index is 0.273. The summed E-state index contributed by atoms with van der Waals surface area (Å²) >= 11 is 0. The van der Waals surface area contributed by atoms with E-state index in [0.29, 0.717) is 12.1 Å². The highest BCUT2D eigenvalue weighted by Crippen LogP contribution is 2.32. The van der Waals surface area contributed by atoms with E-state index in [-0.39, 0.29) is 5.92 Å². The molecule has 0 radical (unpaired) electrons. The van der Waals surface area contributed by atoms with Crippen LogP contribution in [-0.2, 0) is 0 Å². The van der Waals surface area contributed by atoms with Crippen LogP contribution in [0.1, 0.15) is 44.9 Å². The van der Waals surface area contributed by atoms with Crippen molar-refractivity contribution in [3.63, 3.8) is 0 Å². The Labute approximate surface area is 112 Å². The Morgan fingerprint density at radius 3 is 2.61 bits per heavy atom. The quantitative estimate of drug-likeness (QED) is 0.720. The van der Waals surface area contributed by atoms with Gasteiger partial charge in [0.25, 0.3) is 0 Å². The van der Waals surface area contributed by atoms with Gasteiger partial charge in [-0.25, -0.2) is 0 Å². The molecule has 0 amide bonds. The lowest BCUT2D eigenvalue weighted by Crippen LogP contribution is -2.46. The van der Waals surface area contributed by atoms with Crippen LogP contribution in [0.15, 0.2) is 0 Å². The molecule has 0 spiro atoms. The zero-order valence-corrected chi connectivity index (χ0v) is 11.9. The Hall–Kier alpha value is -0.590. The van der Waals surface area contributed by atoms with Crippen molar-refractivity contribution in [3.05, 3.63) is 0 Å². The summed E-state index contributed by atoms with van der Waals surface area (Å²) < 4.78 is 0. The van der Waals surface area contributed by atoms with Gasteiger partial charge in [0, 0.05) is 18.6 Å². The fraction of sp³-hybridized carbons (Fsp3) is 0.933. The second-order valence-corrected chi connectivity index (χ2v) is 6.24. The van der Waals surface area contributed by atoms with Crippen LogP contribution in [-0.4, -0.2) is 49.1 Å². The second-order valence-electron chi connectivity index (χ2n) is 6.24. The van der Waals surface area contributed by atoms with Crippen LogP contribution in [0, 0.1) is 17.2 Å². The van der Waals surface area contributed by atoms with Gasteiger partial charge in [-0.1, -0.05) is 19.3 Å². The molecule has 2 aliphatic rings. The van der Waals surface area contributed by atoms with E-state index < -0.39 is 0 Å². The lowest BCUT2D eigenvalue weighted by Gasteiger charge is -2.36. The Kier molecular flexibility index (Phi) is 5.03. The monoisotopic (exact) mass is 249 g/mol. The summed E-state index contributed by atoms with van der Waals surface area (Å²) in [6.45, 7) is 2.36. The van der Waals surface area contributed by atoms with E-state index in [1.165, 1.54) is 45.1 Å². The first kappa shape index (κ1) is 13.8. The van der Waals surface area contributed by atoms with Crippen molar-refractivity contribution in [2.75, 3.05) is 27.2 Å². The molecular formula is C15H27N3. The Bertz CT molecular complexity index is 295. The van der Waals surface area contributed by atoms with Gasteiger partial charge in [0.15, 0.2) is 0 Å². The van der Waals surface area contributed by atoms with Crippen LogP contribution >= 0.6 is 0 Å². The number of rotatable bonds is 3. The molecule has 2 rings (SSSR count). The molecule has 3 unspecified atom stereocenters. The maximum absolute atomic E-state index is 9.43. The lowest BCUT2D eigenvalue weighted by molar-refractivity contribution is 0.120. The van der Waals surface area contributed by atoms with E-state index in [1.807, 2.05) is 0 Å². The number of nitriles is 1. The van der Waals surface area contributed by atoms with Crippen molar-refractivity contribution in [2.24, 2.45) is 5.92 Å². The minimum Gasteiger partial charge on any atom is -0.308 e. The third-order valence-corrected chi connectivity index (χ3v) is 4.57. The molecule has 0 aromatic heterocycles. The molecule has 0 aromatic rings. The van der Waals surface area contributed by atoms with Crippen LogP contribution in [0.5, 0.6) is 0 Å². The normalized spacial score (nSPS) is 34.4. The van der Waals surface area contributed by atoms with Gasteiger partial charge in [-0.3, -0.25) is 4.90 Å². The third kappa shape index (κ3) is 3.24.